The molecule has 0 radical (unpaired) electrons. The third kappa shape index (κ3) is 3.42. The summed E-state index contributed by atoms with van der Waals surface area (Å²) in [6.45, 7) is 0. The number of hydrogen-bond donors (Lipinski definition) is 1. The highest BCUT2D eigenvalue weighted by molar-refractivity contribution is 6.30. The van der Waals surface area contributed by atoms with Crippen LogP contribution in [0.5, 0.6) is 0 Å². The molecule has 0 aliphatic carbocycles. The number of anilines is 1. The monoisotopic (exact) mass is 277 g/mol. The molecule has 0 spiro atoms. The Morgan fingerprint density at radius 1 is 1.05 bits per heavy atom. The van der Waals surface area contributed by atoms with Crippen LogP contribution in [0, 0.1) is 0 Å². The van der Waals surface area contributed by atoms with E-state index in [2.05, 4.69) is 10.2 Å². The molecule has 0 bridgehead atoms. The first-order valence-electron chi connectivity index (χ1n) is 5.66. The van der Waals surface area contributed by atoms with Crippen LogP contribution >= 0.6 is 11.6 Å². The summed E-state index contributed by atoms with van der Waals surface area (Å²) in [5.41, 5.74) is 1.79. The maximum atomic E-state index is 9.56. The van der Waals surface area contributed by atoms with Gasteiger partial charge in [0, 0.05) is 25.8 Å². The highest BCUT2D eigenvalue weighted by Gasteiger charge is 2.09. The lowest BCUT2D eigenvalue weighted by molar-refractivity contribution is -0.894. The number of rotatable bonds is 3. The summed E-state index contributed by atoms with van der Waals surface area (Å²) in [5.74, 6) is 0.307. The van der Waals surface area contributed by atoms with Crippen LogP contribution in [0.1, 0.15) is 0 Å². The topological polar surface area (TPSA) is 52.1 Å². The Morgan fingerprint density at radius 3 is 2.32 bits per heavy atom. The highest BCUT2D eigenvalue weighted by Crippen LogP contribution is 2.20. The van der Waals surface area contributed by atoms with E-state index >= 15 is 0 Å². The molecule has 0 atom stereocenters. The summed E-state index contributed by atoms with van der Waals surface area (Å²) in [6, 6.07) is 10.8. The van der Waals surface area contributed by atoms with E-state index in [0.29, 0.717) is 16.5 Å². The largest absolute Gasteiger partial charge is 0.388 e. The number of halogens is 1. The van der Waals surface area contributed by atoms with Gasteiger partial charge in [0.25, 0.3) is 0 Å². The second-order valence-electron chi connectivity index (χ2n) is 4.16. The fourth-order valence-electron chi connectivity index (χ4n) is 1.46. The maximum Gasteiger partial charge on any atom is 0.388 e. The summed E-state index contributed by atoms with van der Waals surface area (Å²) >= 11 is 5.72. The van der Waals surface area contributed by atoms with E-state index in [1.807, 2.05) is 43.3 Å². The average molecular weight is 278 g/mol. The van der Waals surface area contributed by atoms with Crippen molar-refractivity contribution in [1.82, 2.24) is 0 Å². The van der Waals surface area contributed by atoms with E-state index in [4.69, 9.17) is 11.6 Å². The van der Waals surface area contributed by atoms with E-state index in [1.165, 1.54) is 6.20 Å². The summed E-state index contributed by atoms with van der Waals surface area (Å²) < 4.78 is 0.833. The van der Waals surface area contributed by atoms with Crippen LogP contribution in [0.3, 0.4) is 0 Å². The maximum absolute atomic E-state index is 9.56. The molecule has 0 aliphatic heterocycles. The molecule has 1 aromatic heterocycles. The number of azo groups is 1. The van der Waals surface area contributed by atoms with Crippen molar-refractivity contribution in [3.8, 4) is 0 Å². The van der Waals surface area contributed by atoms with Gasteiger partial charge in [-0.15, -0.1) is 0 Å². The van der Waals surface area contributed by atoms with Crippen LogP contribution in [-0.2, 0) is 0 Å². The SMILES string of the molecule is CN(C)c1ccc(N=Nc2ccc(Cl)c[n+]2O)cc1. The second kappa shape index (κ2) is 5.67. The average Bonchev–Trinajstić information content (AvgIpc) is 2.38. The first kappa shape index (κ1) is 13.3. The van der Waals surface area contributed by atoms with Crippen LogP contribution in [0.25, 0.3) is 0 Å². The Morgan fingerprint density at radius 2 is 1.74 bits per heavy atom. The first-order valence-corrected chi connectivity index (χ1v) is 6.03. The van der Waals surface area contributed by atoms with Gasteiger partial charge in [-0.2, -0.15) is 0 Å². The van der Waals surface area contributed by atoms with Crippen molar-refractivity contribution in [2.24, 2.45) is 10.2 Å². The third-order valence-electron chi connectivity index (χ3n) is 2.51. The zero-order valence-corrected chi connectivity index (χ0v) is 11.4. The van der Waals surface area contributed by atoms with E-state index in [0.717, 1.165) is 10.4 Å². The Hall–Kier alpha value is -2.14. The molecule has 0 amide bonds. The molecule has 98 valence electrons. The number of benzene rings is 1. The van der Waals surface area contributed by atoms with Gasteiger partial charge in [-0.25, -0.2) is 0 Å². The van der Waals surface area contributed by atoms with Gasteiger partial charge in [-0.05, 0) is 40.2 Å². The van der Waals surface area contributed by atoms with Gasteiger partial charge < -0.3 is 10.1 Å². The van der Waals surface area contributed by atoms with Gasteiger partial charge in [0.15, 0.2) is 6.20 Å². The normalized spacial score (nSPS) is 10.9. The van der Waals surface area contributed by atoms with Crippen molar-refractivity contribution in [3.05, 3.63) is 47.6 Å². The standard InChI is InChI=1S/C13H14ClN4O/c1-17(2)12-6-4-11(5-7-12)15-16-13-8-3-10(14)9-18(13)19/h3-9,19H,1-2H3/q+1. The molecular weight excluding hydrogens is 264 g/mol. The second-order valence-corrected chi connectivity index (χ2v) is 4.60. The third-order valence-corrected chi connectivity index (χ3v) is 2.73. The molecule has 1 heterocycles. The van der Waals surface area contributed by atoms with Crippen LogP contribution in [-0.4, -0.2) is 19.3 Å². The fraction of sp³-hybridized carbons (Fsp3) is 0.154. The molecular formula is C13H14ClN4O+. The van der Waals surface area contributed by atoms with E-state index < -0.39 is 0 Å². The number of pyridine rings is 1. The summed E-state index contributed by atoms with van der Waals surface area (Å²) in [4.78, 5) is 2.00. The van der Waals surface area contributed by atoms with Crippen LogP contribution in [0.15, 0.2) is 52.8 Å². The molecule has 0 aliphatic rings. The molecule has 0 saturated heterocycles. The summed E-state index contributed by atoms with van der Waals surface area (Å²) in [5, 5.41) is 18.0. The van der Waals surface area contributed by atoms with Gasteiger partial charge in [0.1, 0.15) is 5.69 Å². The lowest BCUT2D eigenvalue weighted by Gasteiger charge is -2.11. The predicted octanol–water partition coefficient (Wildman–Crippen LogP) is 3.35. The Kier molecular flexibility index (Phi) is 3.97. The van der Waals surface area contributed by atoms with Crippen LogP contribution in [0.2, 0.25) is 5.02 Å². The number of hydrogen-bond acceptors (Lipinski definition) is 4. The Balaban J connectivity index is 2.18. The molecule has 1 N–H and O–H groups in total. The molecule has 5 nitrogen and oxygen atoms in total. The predicted molar refractivity (Wildman–Crippen MR) is 73.8 cm³/mol. The van der Waals surface area contributed by atoms with Gasteiger partial charge in [0.05, 0.1) is 10.1 Å². The quantitative estimate of drug-likeness (QED) is 0.531. The molecule has 2 aromatic rings. The van der Waals surface area contributed by atoms with Gasteiger partial charge in [-0.1, -0.05) is 11.6 Å². The van der Waals surface area contributed by atoms with Gasteiger partial charge in [0.2, 0.25) is 0 Å². The number of nitrogens with zero attached hydrogens (tertiary/aromatic N) is 4. The van der Waals surface area contributed by atoms with Crippen LogP contribution < -0.4 is 9.63 Å². The molecule has 0 fully saturated rings. The summed E-state index contributed by atoms with van der Waals surface area (Å²) in [6.07, 6.45) is 1.35. The zero-order chi connectivity index (χ0) is 13.8. The minimum absolute atomic E-state index is 0.307. The lowest BCUT2D eigenvalue weighted by atomic mass is 10.3. The van der Waals surface area contributed by atoms with Crippen molar-refractivity contribution in [2.45, 2.75) is 0 Å². The lowest BCUT2D eigenvalue weighted by Crippen LogP contribution is -2.29. The molecule has 1 aromatic carbocycles. The smallest absolute Gasteiger partial charge is 0.378 e. The minimum atomic E-state index is 0.307. The number of aromatic nitrogens is 1. The van der Waals surface area contributed by atoms with Crippen molar-refractivity contribution in [2.75, 3.05) is 19.0 Å². The molecule has 0 saturated carbocycles. The van der Waals surface area contributed by atoms with Gasteiger partial charge >= 0.3 is 5.82 Å². The Labute approximate surface area is 116 Å². The molecule has 19 heavy (non-hydrogen) atoms. The van der Waals surface area contributed by atoms with Crippen LogP contribution in [0.4, 0.5) is 17.2 Å². The molecule has 2 rings (SSSR count). The molecule has 6 heteroatoms. The van der Waals surface area contributed by atoms with Crippen molar-refractivity contribution in [1.29, 1.82) is 0 Å². The minimum Gasteiger partial charge on any atom is -0.378 e. The highest BCUT2D eigenvalue weighted by atomic mass is 35.5. The summed E-state index contributed by atoms with van der Waals surface area (Å²) in [7, 11) is 3.94. The van der Waals surface area contributed by atoms with E-state index in [9.17, 15) is 5.21 Å². The van der Waals surface area contributed by atoms with Crippen molar-refractivity contribution >= 4 is 28.8 Å². The fourth-order valence-corrected chi connectivity index (χ4v) is 1.62. The van der Waals surface area contributed by atoms with Gasteiger partial charge in [-0.3, -0.25) is 0 Å². The van der Waals surface area contributed by atoms with E-state index in [-0.39, 0.29) is 0 Å². The van der Waals surface area contributed by atoms with Crippen molar-refractivity contribution in [3.63, 3.8) is 0 Å². The first-order chi connectivity index (χ1) is 9.06. The molecule has 0 unspecified atom stereocenters. The van der Waals surface area contributed by atoms with Crippen molar-refractivity contribution < 1.29 is 9.94 Å². The van der Waals surface area contributed by atoms with E-state index in [1.54, 1.807) is 12.1 Å². The zero-order valence-electron chi connectivity index (χ0n) is 10.7. The Bertz CT molecular complexity index is 596.